The number of carbonyl (C=O) groups excluding carboxylic acids is 1. The second-order valence-corrected chi connectivity index (χ2v) is 5.15. The smallest absolute Gasteiger partial charge is 0.326 e. The fourth-order valence-corrected chi connectivity index (χ4v) is 1.86. The molecule has 0 bridgehead atoms. The summed E-state index contributed by atoms with van der Waals surface area (Å²) in [7, 11) is 1.46. The number of carboxylic acid groups (broad SMARTS) is 1. The van der Waals surface area contributed by atoms with E-state index in [9.17, 15) is 9.59 Å². The van der Waals surface area contributed by atoms with E-state index in [0.29, 0.717) is 11.7 Å². The number of rotatable bonds is 7. The highest BCUT2D eigenvalue weighted by Crippen LogP contribution is 2.28. The number of hydrogen-bond acceptors (Lipinski definition) is 3. The number of nitrogens with zero attached hydrogens (tertiary/aromatic N) is 1. The third kappa shape index (κ3) is 4.48. The lowest BCUT2D eigenvalue weighted by Crippen LogP contribution is -2.42. The Morgan fingerprint density at radius 3 is 2.48 bits per heavy atom. The largest absolute Gasteiger partial charge is 0.483 e. The van der Waals surface area contributed by atoms with Crippen LogP contribution < -0.4 is 4.74 Å². The Kier molecular flexibility index (Phi) is 6.21. The molecule has 0 saturated carbocycles. The maximum Gasteiger partial charge on any atom is 0.326 e. The summed E-state index contributed by atoms with van der Waals surface area (Å²) in [5, 5.41) is 8.90. The molecule has 0 aliphatic rings. The highest BCUT2D eigenvalue weighted by molar-refractivity contribution is 5.84. The topological polar surface area (TPSA) is 66.8 Å². The Labute approximate surface area is 125 Å². The summed E-state index contributed by atoms with van der Waals surface area (Å²) in [6.45, 7) is 5.49. The van der Waals surface area contributed by atoms with Gasteiger partial charge in [0.1, 0.15) is 11.8 Å². The summed E-state index contributed by atoms with van der Waals surface area (Å²) in [6.07, 6.45) is 0.976. The molecule has 0 aliphatic carbocycles. The van der Waals surface area contributed by atoms with Gasteiger partial charge >= 0.3 is 5.97 Å². The van der Waals surface area contributed by atoms with E-state index >= 15 is 0 Å². The van der Waals surface area contributed by atoms with Crippen molar-refractivity contribution in [1.82, 2.24) is 4.90 Å². The molecule has 1 aromatic carbocycles. The van der Waals surface area contributed by atoms with E-state index in [1.165, 1.54) is 18.9 Å². The van der Waals surface area contributed by atoms with E-state index < -0.39 is 12.0 Å². The molecule has 5 nitrogen and oxygen atoms in total. The van der Waals surface area contributed by atoms with Crippen LogP contribution in [0, 0.1) is 0 Å². The lowest BCUT2D eigenvalue weighted by molar-refractivity contribution is -0.148. The van der Waals surface area contributed by atoms with E-state index in [-0.39, 0.29) is 12.5 Å². The van der Waals surface area contributed by atoms with E-state index in [0.717, 1.165) is 12.0 Å². The summed E-state index contributed by atoms with van der Waals surface area (Å²) < 4.78 is 5.59. The van der Waals surface area contributed by atoms with Crippen molar-refractivity contribution in [3.63, 3.8) is 0 Å². The standard InChI is InChI=1S/C16H23NO4/c1-5-11(2)13-8-6-7-9-14(13)21-10-15(18)17(4)12(3)16(19)20/h6-9,11-12H,5,10H2,1-4H3,(H,19,20). The molecule has 0 radical (unpaired) electrons. The minimum absolute atomic E-state index is 0.165. The van der Waals surface area contributed by atoms with Crippen molar-refractivity contribution in [2.75, 3.05) is 13.7 Å². The first-order valence-electron chi connectivity index (χ1n) is 7.08. The fourth-order valence-electron chi connectivity index (χ4n) is 1.86. The van der Waals surface area contributed by atoms with Crippen LogP contribution in [0.15, 0.2) is 24.3 Å². The molecule has 2 atom stereocenters. The number of ether oxygens (including phenoxy) is 1. The van der Waals surface area contributed by atoms with Gasteiger partial charge in [-0.3, -0.25) is 4.79 Å². The van der Waals surface area contributed by atoms with E-state index in [1.54, 1.807) is 0 Å². The maximum atomic E-state index is 12.0. The van der Waals surface area contributed by atoms with Crippen LogP contribution in [0.2, 0.25) is 0 Å². The first-order valence-corrected chi connectivity index (χ1v) is 7.08. The maximum absolute atomic E-state index is 12.0. The summed E-state index contributed by atoms with van der Waals surface area (Å²) in [5.74, 6) is -0.377. The highest BCUT2D eigenvalue weighted by atomic mass is 16.5. The van der Waals surface area contributed by atoms with Crippen molar-refractivity contribution >= 4 is 11.9 Å². The summed E-state index contributed by atoms with van der Waals surface area (Å²) in [4.78, 5) is 24.0. The van der Waals surface area contributed by atoms with Crippen molar-refractivity contribution in [2.45, 2.75) is 39.2 Å². The average molecular weight is 293 g/mol. The highest BCUT2D eigenvalue weighted by Gasteiger charge is 2.22. The second kappa shape index (κ2) is 7.67. The number of benzene rings is 1. The van der Waals surface area contributed by atoms with Gasteiger partial charge < -0.3 is 14.7 Å². The van der Waals surface area contributed by atoms with Crippen LogP contribution in [-0.2, 0) is 9.59 Å². The van der Waals surface area contributed by atoms with Crippen LogP contribution >= 0.6 is 0 Å². The van der Waals surface area contributed by atoms with Crippen LogP contribution in [-0.4, -0.2) is 41.6 Å². The zero-order chi connectivity index (χ0) is 16.0. The molecule has 21 heavy (non-hydrogen) atoms. The average Bonchev–Trinajstić information content (AvgIpc) is 2.50. The number of para-hydroxylation sites is 1. The third-order valence-electron chi connectivity index (χ3n) is 3.75. The molecular weight excluding hydrogens is 270 g/mol. The molecule has 1 rings (SSSR count). The number of carboxylic acids is 1. The Morgan fingerprint density at radius 1 is 1.29 bits per heavy atom. The van der Waals surface area contributed by atoms with Gasteiger partial charge in [0.15, 0.2) is 6.61 Å². The lowest BCUT2D eigenvalue weighted by atomic mass is 9.98. The molecular formula is C16H23NO4. The zero-order valence-corrected chi connectivity index (χ0v) is 13.0. The molecule has 1 N–H and O–H groups in total. The Hall–Kier alpha value is -2.04. The van der Waals surface area contributed by atoms with Gasteiger partial charge in [-0.25, -0.2) is 4.79 Å². The second-order valence-electron chi connectivity index (χ2n) is 5.15. The molecule has 0 saturated heterocycles. The van der Waals surface area contributed by atoms with Crippen molar-refractivity contribution < 1.29 is 19.4 Å². The molecule has 0 fully saturated rings. The Morgan fingerprint density at radius 2 is 1.90 bits per heavy atom. The van der Waals surface area contributed by atoms with Crippen LogP contribution in [0.1, 0.15) is 38.7 Å². The number of likely N-dealkylation sites (N-methyl/N-ethyl adjacent to an activating group) is 1. The Balaban J connectivity index is 2.71. The van der Waals surface area contributed by atoms with Crippen LogP contribution in [0.3, 0.4) is 0 Å². The molecule has 1 aromatic rings. The molecule has 0 heterocycles. The molecule has 2 unspecified atom stereocenters. The Bertz CT molecular complexity index is 501. The summed E-state index contributed by atoms with van der Waals surface area (Å²) in [6, 6.07) is 6.74. The van der Waals surface area contributed by atoms with E-state index in [2.05, 4.69) is 13.8 Å². The lowest BCUT2D eigenvalue weighted by Gasteiger charge is -2.22. The van der Waals surface area contributed by atoms with Crippen molar-refractivity contribution in [3.8, 4) is 5.75 Å². The van der Waals surface area contributed by atoms with Gasteiger partial charge in [0, 0.05) is 7.05 Å². The minimum Gasteiger partial charge on any atom is -0.483 e. The van der Waals surface area contributed by atoms with Gasteiger partial charge in [-0.15, -0.1) is 0 Å². The van der Waals surface area contributed by atoms with Gasteiger partial charge in [-0.2, -0.15) is 0 Å². The molecule has 0 aliphatic heterocycles. The number of aliphatic carboxylic acids is 1. The number of hydrogen-bond donors (Lipinski definition) is 1. The van der Waals surface area contributed by atoms with Gasteiger partial charge in [-0.1, -0.05) is 32.0 Å². The SMILES string of the molecule is CCC(C)c1ccccc1OCC(=O)N(C)C(C)C(=O)O. The first kappa shape index (κ1) is 17.0. The van der Waals surface area contributed by atoms with Gasteiger partial charge in [-0.05, 0) is 30.9 Å². The number of amides is 1. The van der Waals surface area contributed by atoms with Gasteiger partial charge in [0.05, 0.1) is 0 Å². The van der Waals surface area contributed by atoms with Crippen LogP contribution in [0.5, 0.6) is 5.75 Å². The van der Waals surface area contributed by atoms with E-state index in [4.69, 9.17) is 9.84 Å². The predicted octanol–water partition coefficient (Wildman–Crippen LogP) is 2.51. The predicted molar refractivity (Wildman–Crippen MR) is 80.5 cm³/mol. The van der Waals surface area contributed by atoms with E-state index in [1.807, 2.05) is 24.3 Å². The quantitative estimate of drug-likeness (QED) is 0.839. The van der Waals surface area contributed by atoms with Crippen LogP contribution in [0.25, 0.3) is 0 Å². The normalized spacial score (nSPS) is 13.3. The molecule has 116 valence electrons. The monoisotopic (exact) mass is 293 g/mol. The van der Waals surface area contributed by atoms with Gasteiger partial charge in [0.2, 0.25) is 0 Å². The number of carbonyl (C=O) groups is 2. The fraction of sp³-hybridized carbons (Fsp3) is 0.500. The van der Waals surface area contributed by atoms with Crippen LogP contribution in [0.4, 0.5) is 0 Å². The zero-order valence-electron chi connectivity index (χ0n) is 13.0. The van der Waals surface area contributed by atoms with Gasteiger partial charge in [0.25, 0.3) is 5.91 Å². The minimum atomic E-state index is -1.04. The molecule has 0 aromatic heterocycles. The third-order valence-corrected chi connectivity index (χ3v) is 3.75. The van der Waals surface area contributed by atoms with Crippen molar-refractivity contribution in [1.29, 1.82) is 0 Å². The molecule has 1 amide bonds. The molecule has 0 spiro atoms. The van der Waals surface area contributed by atoms with Crippen molar-refractivity contribution in [2.24, 2.45) is 0 Å². The molecule has 5 heteroatoms. The first-order chi connectivity index (χ1) is 9.88. The summed E-state index contributed by atoms with van der Waals surface area (Å²) in [5.41, 5.74) is 1.06. The summed E-state index contributed by atoms with van der Waals surface area (Å²) >= 11 is 0. The van der Waals surface area contributed by atoms with Crippen molar-refractivity contribution in [3.05, 3.63) is 29.8 Å².